The Morgan fingerprint density at radius 1 is 1.40 bits per heavy atom. The van der Waals surface area contributed by atoms with Crippen LogP contribution in [-0.4, -0.2) is 35.0 Å². The Labute approximate surface area is 90.3 Å². The van der Waals surface area contributed by atoms with E-state index in [4.69, 9.17) is 5.11 Å². The summed E-state index contributed by atoms with van der Waals surface area (Å²) in [6, 6.07) is 0. The van der Waals surface area contributed by atoms with Crippen molar-refractivity contribution in [1.29, 1.82) is 0 Å². The molecule has 86 valence electrons. The van der Waals surface area contributed by atoms with Crippen molar-refractivity contribution in [3.63, 3.8) is 0 Å². The van der Waals surface area contributed by atoms with Crippen molar-refractivity contribution >= 4 is 11.9 Å². The Kier molecular flexibility index (Phi) is 4.59. The molecule has 1 N–H and O–H groups in total. The fraction of sp³-hybridized carbons (Fsp3) is 0.818. The number of likely N-dealkylation sites (tertiary alicyclic amines) is 1. The summed E-state index contributed by atoms with van der Waals surface area (Å²) in [6.07, 6.45) is 3.19. The molecule has 4 nitrogen and oxygen atoms in total. The Bertz CT molecular complexity index is 240. The van der Waals surface area contributed by atoms with Crippen molar-refractivity contribution in [2.75, 3.05) is 13.1 Å². The van der Waals surface area contributed by atoms with Gasteiger partial charge in [0.15, 0.2) is 0 Å². The Morgan fingerprint density at radius 3 is 2.73 bits per heavy atom. The van der Waals surface area contributed by atoms with Gasteiger partial charge in [0.1, 0.15) is 0 Å². The standard InChI is InChI=1S/C11H19NO3/c1-9-4-3-7-12(8-9)10(13)5-2-6-11(14)15/h9H,2-8H2,1H3,(H,14,15). The van der Waals surface area contributed by atoms with Crippen LogP contribution >= 0.6 is 0 Å². The molecule has 15 heavy (non-hydrogen) atoms. The van der Waals surface area contributed by atoms with E-state index in [1.165, 1.54) is 6.42 Å². The maximum absolute atomic E-state index is 11.7. The van der Waals surface area contributed by atoms with Gasteiger partial charge in [-0.2, -0.15) is 0 Å². The summed E-state index contributed by atoms with van der Waals surface area (Å²) in [4.78, 5) is 23.8. The third-order valence-corrected chi connectivity index (χ3v) is 2.79. The second kappa shape index (κ2) is 5.73. The largest absolute Gasteiger partial charge is 0.481 e. The summed E-state index contributed by atoms with van der Waals surface area (Å²) < 4.78 is 0. The van der Waals surface area contributed by atoms with Crippen LogP contribution in [-0.2, 0) is 9.59 Å². The number of amides is 1. The predicted octanol–water partition coefficient (Wildman–Crippen LogP) is 1.50. The summed E-state index contributed by atoms with van der Waals surface area (Å²) in [5.41, 5.74) is 0. The van der Waals surface area contributed by atoms with Gasteiger partial charge >= 0.3 is 5.97 Å². The van der Waals surface area contributed by atoms with Gasteiger partial charge in [0.05, 0.1) is 0 Å². The lowest BCUT2D eigenvalue weighted by Gasteiger charge is -2.31. The number of aliphatic carboxylic acids is 1. The van der Waals surface area contributed by atoms with Crippen LogP contribution in [0.3, 0.4) is 0 Å². The van der Waals surface area contributed by atoms with Crippen molar-refractivity contribution in [2.24, 2.45) is 5.92 Å². The first-order valence-electron chi connectivity index (χ1n) is 5.59. The smallest absolute Gasteiger partial charge is 0.303 e. The molecule has 0 aromatic heterocycles. The molecule has 1 amide bonds. The van der Waals surface area contributed by atoms with Gasteiger partial charge < -0.3 is 10.0 Å². The number of rotatable bonds is 4. The monoisotopic (exact) mass is 213 g/mol. The highest BCUT2D eigenvalue weighted by atomic mass is 16.4. The molecule has 1 unspecified atom stereocenters. The number of carbonyl (C=O) groups excluding carboxylic acids is 1. The lowest BCUT2D eigenvalue weighted by atomic mass is 10.00. The van der Waals surface area contributed by atoms with E-state index in [0.717, 1.165) is 19.5 Å². The van der Waals surface area contributed by atoms with Gasteiger partial charge in [0.25, 0.3) is 0 Å². The number of carboxylic acid groups (broad SMARTS) is 1. The zero-order valence-electron chi connectivity index (χ0n) is 9.24. The molecular formula is C11H19NO3. The Hall–Kier alpha value is -1.06. The van der Waals surface area contributed by atoms with Crippen LogP contribution in [0.4, 0.5) is 0 Å². The highest BCUT2D eigenvalue weighted by molar-refractivity contribution is 5.77. The minimum atomic E-state index is -0.824. The van der Waals surface area contributed by atoms with Crippen LogP contribution in [0.25, 0.3) is 0 Å². The van der Waals surface area contributed by atoms with E-state index in [0.29, 0.717) is 18.8 Å². The van der Waals surface area contributed by atoms with Crippen molar-refractivity contribution in [3.8, 4) is 0 Å². The molecule has 1 fully saturated rings. The normalized spacial score (nSPS) is 21.4. The molecule has 1 rings (SSSR count). The van der Waals surface area contributed by atoms with Gasteiger partial charge in [-0.1, -0.05) is 6.92 Å². The number of hydrogen-bond donors (Lipinski definition) is 1. The zero-order valence-corrected chi connectivity index (χ0v) is 9.24. The van der Waals surface area contributed by atoms with Gasteiger partial charge in [0, 0.05) is 25.9 Å². The van der Waals surface area contributed by atoms with Crippen molar-refractivity contribution in [2.45, 2.75) is 39.0 Å². The van der Waals surface area contributed by atoms with Crippen LogP contribution in [0.15, 0.2) is 0 Å². The van der Waals surface area contributed by atoms with Gasteiger partial charge in [0.2, 0.25) is 5.91 Å². The molecule has 0 radical (unpaired) electrons. The molecule has 1 aliphatic rings. The average Bonchev–Trinajstić information content (AvgIpc) is 2.17. The van der Waals surface area contributed by atoms with Gasteiger partial charge in [-0.3, -0.25) is 9.59 Å². The van der Waals surface area contributed by atoms with E-state index < -0.39 is 5.97 Å². The van der Waals surface area contributed by atoms with E-state index in [9.17, 15) is 9.59 Å². The third kappa shape index (κ3) is 4.32. The fourth-order valence-electron chi connectivity index (χ4n) is 1.96. The van der Waals surface area contributed by atoms with Crippen LogP contribution in [0.1, 0.15) is 39.0 Å². The second-order valence-electron chi connectivity index (χ2n) is 4.33. The van der Waals surface area contributed by atoms with Gasteiger partial charge in [-0.15, -0.1) is 0 Å². The molecule has 0 saturated carbocycles. The molecule has 0 aromatic carbocycles. The lowest BCUT2D eigenvalue weighted by Crippen LogP contribution is -2.38. The topological polar surface area (TPSA) is 57.6 Å². The van der Waals surface area contributed by atoms with E-state index in [1.54, 1.807) is 0 Å². The van der Waals surface area contributed by atoms with Gasteiger partial charge in [-0.05, 0) is 25.2 Å². The summed E-state index contributed by atoms with van der Waals surface area (Å²) in [7, 11) is 0. The summed E-state index contributed by atoms with van der Waals surface area (Å²) in [5.74, 6) is -0.125. The Morgan fingerprint density at radius 2 is 2.13 bits per heavy atom. The SMILES string of the molecule is CC1CCCN(C(=O)CCCC(=O)O)C1. The van der Waals surface area contributed by atoms with Crippen LogP contribution in [0, 0.1) is 5.92 Å². The quantitative estimate of drug-likeness (QED) is 0.770. The van der Waals surface area contributed by atoms with E-state index >= 15 is 0 Å². The van der Waals surface area contributed by atoms with Gasteiger partial charge in [-0.25, -0.2) is 0 Å². The maximum atomic E-state index is 11.7. The fourth-order valence-corrected chi connectivity index (χ4v) is 1.96. The van der Waals surface area contributed by atoms with E-state index in [2.05, 4.69) is 6.92 Å². The average molecular weight is 213 g/mol. The van der Waals surface area contributed by atoms with Crippen molar-refractivity contribution in [1.82, 2.24) is 4.90 Å². The minimum absolute atomic E-state index is 0.0924. The number of nitrogens with zero attached hydrogens (tertiary/aromatic N) is 1. The highest BCUT2D eigenvalue weighted by Crippen LogP contribution is 2.16. The first kappa shape index (κ1) is 12.0. The molecular weight excluding hydrogens is 194 g/mol. The van der Waals surface area contributed by atoms with Crippen molar-refractivity contribution < 1.29 is 14.7 Å². The minimum Gasteiger partial charge on any atom is -0.481 e. The van der Waals surface area contributed by atoms with Crippen LogP contribution in [0.5, 0.6) is 0 Å². The maximum Gasteiger partial charge on any atom is 0.303 e. The first-order chi connectivity index (χ1) is 7.09. The summed E-state index contributed by atoms with van der Waals surface area (Å²) >= 11 is 0. The van der Waals surface area contributed by atoms with Crippen LogP contribution < -0.4 is 0 Å². The number of piperidine rings is 1. The first-order valence-corrected chi connectivity index (χ1v) is 5.59. The highest BCUT2D eigenvalue weighted by Gasteiger charge is 2.20. The van der Waals surface area contributed by atoms with E-state index in [1.807, 2.05) is 4.90 Å². The molecule has 1 atom stereocenters. The number of carbonyl (C=O) groups is 2. The molecule has 0 aliphatic carbocycles. The lowest BCUT2D eigenvalue weighted by molar-refractivity contribution is -0.137. The Balaban J connectivity index is 2.24. The molecule has 1 heterocycles. The molecule has 1 saturated heterocycles. The van der Waals surface area contributed by atoms with E-state index in [-0.39, 0.29) is 12.3 Å². The molecule has 0 bridgehead atoms. The van der Waals surface area contributed by atoms with Crippen LogP contribution in [0.2, 0.25) is 0 Å². The molecule has 4 heteroatoms. The second-order valence-corrected chi connectivity index (χ2v) is 4.33. The molecule has 0 aromatic rings. The molecule has 1 aliphatic heterocycles. The predicted molar refractivity (Wildman–Crippen MR) is 56.5 cm³/mol. The van der Waals surface area contributed by atoms with Crippen molar-refractivity contribution in [3.05, 3.63) is 0 Å². The third-order valence-electron chi connectivity index (χ3n) is 2.79. The zero-order chi connectivity index (χ0) is 11.3. The number of hydrogen-bond acceptors (Lipinski definition) is 2. The summed E-state index contributed by atoms with van der Waals surface area (Å²) in [5, 5.41) is 8.45. The molecule has 0 spiro atoms. The summed E-state index contributed by atoms with van der Waals surface area (Å²) in [6.45, 7) is 3.83. The number of carboxylic acids is 1.